The van der Waals surface area contributed by atoms with Crippen LogP contribution >= 0.6 is 0 Å². The predicted molar refractivity (Wildman–Crippen MR) is 87.6 cm³/mol. The molecule has 2 bridgehead atoms. The summed E-state index contributed by atoms with van der Waals surface area (Å²) in [5, 5.41) is 3.77. The van der Waals surface area contributed by atoms with Crippen molar-refractivity contribution in [3.63, 3.8) is 0 Å². The Morgan fingerprint density at radius 2 is 1.76 bits per heavy atom. The summed E-state index contributed by atoms with van der Waals surface area (Å²) in [6.07, 6.45) is 8.54. The van der Waals surface area contributed by atoms with Crippen LogP contribution in [-0.2, 0) is 4.74 Å². The van der Waals surface area contributed by atoms with E-state index in [9.17, 15) is 0 Å². The van der Waals surface area contributed by atoms with E-state index < -0.39 is 0 Å². The molecular weight excluding hydrogens is 260 g/mol. The lowest BCUT2D eigenvalue weighted by atomic mass is 9.63. The number of piperidine rings is 1. The Labute approximate surface area is 130 Å². The van der Waals surface area contributed by atoms with Crippen LogP contribution in [0.3, 0.4) is 0 Å². The molecule has 1 saturated carbocycles. The molecule has 3 aliphatic rings. The molecule has 0 amide bonds. The van der Waals surface area contributed by atoms with Gasteiger partial charge < -0.3 is 10.1 Å². The fourth-order valence-electron chi connectivity index (χ4n) is 5.09. The zero-order valence-electron chi connectivity index (χ0n) is 14.4. The summed E-state index contributed by atoms with van der Waals surface area (Å²) in [6.45, 7) is 11.3. The van der Waals surface area contributed by atoms with E-state index in [1.807, 2.05) is 0 Å². The number of ether oxygens (including phenoxy) is 1. The second-order valence-corrected chi connectivity index (χ2v) is 7.97. The van der Waals surface area contributed by atoms with E-state index in [2.05, 4.69) is 37.9 Å². The van der Waals surface area contributed by atoms with Gasteiger partial charge in [0, 0.05) is 36.2 Å². The van der Waals surface area contributed by atoms with E-state index in [1.54, 1.807) is 0 Å². The standard InChI is InChI=1S/C18H34N2O/c1-5-9-19-13-10-14-7-8-15(11-13)20(14)16-12-17(21-6-2)18(16,3)4/h13-17,19H,5-12H2,1-4H3. The summed E-state index contributed by atoms with van der Waals surface area (Å²) in [5.74, 6) is 0. The van der Waals surface area contributed by atoms with Crippen LogP contribution in [0.5, 0.6) is 0 Å². The molecule has 21 heavy (non-hydrogen) atoms. The van der Waals surface area contributed by atoms with Gasteiger partial charge in [-0.1, -0.05) is 20.8 Å². The summed E-state index contributed by atoms with van der Waals surface area (Å²) in [4.78, 5) is 2.90. The highest BCUT2D eigenvalue weighted by molar-refractivity contribution is 5.10. The molecule has 3 nitrogen and oxygen atoms in total. The van der Waals surface area contributed by atoms with Crippen molar-refractivity contribution in [1.29, 1.82) is 0 Å². The van der Waals surface area contributed by atoms with Gasteiger partial charge in [-0.3, -0.25) is 4.90 Å². The molecule has 2 heterocycles. The maximum Gasteiger partial charge on any atom is 0.0655 e. The van der Waals surface area contributed by atoms with Crippen LogP contribution < -0.4 is 5.32 Å². The highest BCUT2D eigenvalue weighted by atomic mass is 16.5. The van der Waals surface area contributed by atoms with Crippen LogP contribution in [0.1, 0.15) is 66.2 Å². The number of nitrogens with one attached hydrogen (secondary N) is 1. The lowest BCUT2D eigenvalue weighted by Crippen LogP contribution is -2.66. The van der Waals surface area contributed by atoms with Gasteiger partial charge in [0.1, 0.15) is 0 Å². The molecule has 0 aromatic rings. The highest BCUT2D eigenvalue weighted by Gasteiger charge is 2.56. The van der Waals surface area contributed by atoms with E-state index in [1.165, 1.54) is 45.1 Å². The number of nitrogens with zero attached hydrogens (tertiary/aromatic N) is 1. The molecule has 0 aromatic carbocycles. The van der Waals surface area contributed by atoms with E-state index in [0.29, 0.717) is 11.5 Å². The Morgan fingerprint density at radius 3 is 2.29 bits per heavy atom. The van der Waals surface area contributed by atoms with Gasteiger partial charge in [0.05, 0.1) is 6.10 Å². The number of fused-ring (bicyclic) bond motifs is 2. The summed E-state index contributed by atoms with van der Waals surface area (Å²) in [7, 11) is 0. The van der Waals surface area contributed by atoms with Crippen molar-refractivity contribution in [2.45, 2.75) is 96.5 Å². The molecule has 2 aliphatic heterocycles. The minimum absolute atomic E-state index is 0.334. The van der Waals surface area contributed by atoms with Gasteiger partial charge in [-0.25, -0.2) is 0 Å². The second kappa shape index (κ2) is 6.17. The first kappa shape index (κ1) is 15.8. The van der Waals surface area contributed by atoms with Crippen molar-refractivity contribution >= 4 is 0 Å². The number of hydrogen-bond donors (Lipinski definition) is 1. The maximum absolute atomic E-state index is 5.94. The van der Waals surface area contributed by atoms with Crippen LogP contribution in [0.2, 0.25) is 0 Å². The average Bonchev–Trinajstić information content (AvgIpc) is 2.70. The molecule has 122 valence electrons. The van der Waals surface area contributed by atoms with Crippen molar-refractivity contribution in [3.8, 4) is 0 Å². The zero-order valence-corrected chi connectivity index (χ0v) is 14.4. The first-order chi connectivity index (χ1) is 10.1. The monoisotopic (exact) mass is 294 g/mol. The van der Waals surface area contributed by atoms with Crippen LogP contribution in [0.25, 0.3) is 0 Å². The third-order valence-corrected chi connectivity index (χ3v) is 6.33. The molecule has 3 fully saturated rings. The van der Waals surface area contributed by atoms with Crippen LogP contribution in [0.4, 0.5) is 0 Å². The van der Waals surface area contributed by atoms with E-state index >= 15 is 0 Å². The van der Waals surface area contributed by atoms with Gasteiger partial charge in [-0.2, -0.15) is 0 Å². The molecule has 4 unspecified atom stereocenters. The lowest BCUT2D eigenvalue weighted by molar-refractivity contribution is -0.165. The predicted octanol–water partition coefficient (Wildman–Crippen LogP) is 3.19. The smallest absolute Gasteiger partial charge is 0.0655 e. The maximum atomic E-state index is 5.94. The SMILES string of the molecule is CCCNC1CC2CCC(C1)N2C1CC(OCC)C1(C)C. The minimum atomic E-state index is 0.334. The van der Waals surface area contributed by atoms with Gasteiger partial charge in [0.2, 0.25) is 0 Å². The normalized spacial score (nSPS) is 42.0. The lowest BCUT2D eigenvalue weighted by Gasteiger charge is -2.59. The summed E-state index contributed by atoms with van der Waals surface area (Å²) in [5.41, 5.74) is 0.334. The molecule has 1 aliphatic carbocycles. The minimum Gasteiger partial charge on any atom is -0.378 e. The summed E-state index contributed by atoms with van der Waals surface area (Å²) < 4.78 is 5.94. The van der Waals surface area contributed by atoms with Gasteiger partial charge in [0.25, 0.3) is 0 Å². The Kier molecular flexibility index (Phi) is 4.63. The zero-order chi connectivity index (χ0) is 15.0. The first-order valence-corrected chi connectivity index (χ1v) is 9.20. The molecule has 0 aromatic heterocycles. The van der Waals surface area contributed by atoms with E-state index in [-0.39, 0.29) is 0 Å². The van der Waals surface area contributed by atoms with Crippen LogP contribution in [0, 0.1) is 5.41 Å². The Morgan fingerprint density at radius 1 is 1.10 bits per heavy atom. The van der Waals surface area contributed by atoms with Gasteiger partial charge in [0.15, 0.2) is 0 Å². The molecule has 2 saturated heterocycles. The summed E-state index contributed by atoms with van der Waals surface area (Å²) >= 11 is 0. The third kappa shape index (κ3) is 2.77. The molecule has 0 radical (unpaired) electrons. The average molecular weight is 294 g/mol. The Hall–Kier alpha value is -0.120. The fourth-order valence-corrected chi connectivity index (χ4v) is 5.09. The second-order valence-electron chi connectivity index (χ2n) is 7.97. The van der Waals surface area contributed by atoms with Crippen molar-refractivity contribution in [1.82, 2.24) is 10.2 Å². The van der Waals surface area contributed by atoms with Crippen molar-refractivity contribution in [2.75, 3.05) is 13.2 Å². The summed E-state index contributed by atoms with van der Waals surface area (Å²) in [6, 6.07) is 3.16. The third-order valence-electron chi connectivity index (χ3n) is 6.33. The highest BCUT2D eigenvalue weighted by Crippen LogP contribution is 2.51. The number of hydrogen-bond acceptors (Lipinski definition) is 3. The molecule has 1 N–H and O–H groups in total. The van der Waals surface area contributed by atoms with Crippen molar-refractivity contribution in [3.05, 3.63) is 0 Å². The van der Waals surface area contributed by atoms with Gasteiger partial charge in [-0.05, 0) is 52.0 Å². The quantitative estimate of drug-likeness (QED) is 0.814. The molecule has 3 heteroatoms. The Bertz CT molecular complexity index is 343. The van der Waals surface area contributed by atoms with E-state index in [0.717, 1.165) is 30.8 Å². The van der Waals surface area contributed by atoms with Gasteiger partial charge >= 0.3 is 0 Å². The van der Waals surface area contributed by atoms with E-state index in [4.69, 9.17) is 4.74 Å². The molecule has 0 spiro atoms. The Balaban J connectivity index is 1.61. The topological polar surface area (TPSA) is 24.5 Å². The molecular formula is C18H34N2O. The number of rotatable bonds is 6. The van der Waals surface area contributed by atoms with Crippen LogP contribution in [0.15, 0.2) is 0 Å². The van der Waals surface area contributed by atoms with Crippen LogP contribution in [-0.4, -0.2) is 48.3 Å². The van der Waals surface area contributed by atoms with Gasteiger partial charge in [-0.15, -0.1) is 0 Å². The van der Waals surface area contributed by atoms with Crippen molar-refractivity contribution < 1.29 is 4.74 Å². The molecule has 3 rings (SSSR count). The van der Waals surface area contributed by atoms with Crippen molar-refractivity contribution in [2.24, 2.45) is 5.41 Å². The molecule has 4 atom stereocenters. The first-order valence-electron chi connectivity index (χ1n) is 9.20. The largest absolute Gasteiger partial charge is 0.378 e. The fraction of sp³-hybridized carbons (Fsp3) is 1.00.